The second-order valence-corrected chi connectivity index (χ2v) is 5.47. The monoisotopic (exact) mass is 245 g/mol. The zero-order valence-electron chi connectivity index (χ0n) is 10.5. The Morgan fingerprint density at radius 2 is 1.82 bits per heavy atom. The molecule has 1 fully saturated rings. The first-order chi connectivity index (χ1) is 8.35. The van der Waals surface area contributed by atoms with Gasteiger partial charge in [0, 0.05) is 12.1 Å². The van der Waals surface area contributed by atoms with Gasteiger partial charge >= 0.3 is 0 Å². The van der Waals surface area contributed by atoms with E-state index >= 15 is 0 Å². The Balaban J connectivity index is 0.000000329. The SMILES string of the molecule is CCC.c1ccc(-c2cnc(C3CC3)s2)cc1. The molecule has 1 aliphatic carbocycles. The van der Waals surface area contributed by atoms with E-state index in [2.05, 4.69) is 43.1 Å². The molecule has 1 nitrogen and oxygen atoms in total. The Labute approximate surface area is 108 Å². The van der Waals surface area contributed by atoms with Crippen molar-refractivity contribution < 1.29 is 0 Å². The third-order valence-corrected chi connectivity index (χ3v) is 3.72. The zero-order chi connectivity index (χ0) is 12.1. The fourth-order valence-electron chi connectivity index (χ4n) is 1.54. The summed E-state index contributed by atoms with van der Waals surface area (Å²) >= 11 is 1.85. The molecule has 0 radical (unpaired) electrons. The molecule has 0 amide bonds. The van der Waals surface area contributed by atoms with Crippen molar-refractivity contribution in [2.75, 3.05) is 0 Å². The van der Waals surface area contributed by atoms with Crippen LogP contribution in [0.3, 0.4) is 0 Å². The van der Waals surface area contributed by atoms with Gasteiger partial charge in [0.2, 0.25) is 0 Å². The Morgan fingerprint density at radius 1 is 1.18 bits per heavy atom. The van der Waals surface area contributed by atoms with Crippen molar-refractivity contribution in [3.63, 3.8) is 0 Å². The van der Waals surface area contributed by atoms with Gasteiger partial charge in [-0.2, -0.15) is 0 Å². The van der Waals surface area contributed by atoms with Crippen molar-refractivity contribution in [3.8, 4) is 10.4 Å². The topological polar surface area (TPSA) is 12.9 Å². The molecule has 2 heteroatoms. The molecule has 0 saturated heterocycles. The average molecular weight is 245 g/mol. The third-order valence-electron chi connectivity index (χ3n) is 2.51. The van der Waals surface area contributed by atoms with Gasteiger partial charge in [0.25, 0.3) is 0 Å². The van der Waals surface area contributed by atoms with Crippen molar-refractivity contribution in [2.45, 2.75) is 39.0 Å². The van der Waals surface area contributed by atoms with Crippen LogP contribution in [-0.4, -0.2) is 4.98 Å². The van der Waals surface area contributed by atoms with Gasteiger partial charge in [0.15, 0.2) is 0 Å². The van der Waals surface area contributed by atoms with Crippen LogP contribution in [-0.2, 0) is 0 Å². The van der Waals surface area contributed by atoms with Crippen molar-refractivity contribution in [2.24, 2.45) is 0 Å². The summed E-state index contributed by atoms with van der Waals surface area (Å²) < 4.78 is 0. The van der Waals surface area contributed by atoms with Crippen LogP contribution in [0.25, 0.3) is 10.4 Å². The number of benzene rings is 1. The molecule has 90 valence electrons. The van der Waals surface area contributed by atoms with Crippen LogP contribution in [0.4, 0.5) is 0 Å². The number of hydrogen-bond acceptors (Lipinski definition) is 2. The van der Waals surface area contributed by atoms with Gasteiger partial charge in [0.05, 0.1) is 9.88 Å². The van der Waals surface area contributed by atoms with Gasteiger partial charge < -0.3 is 0 Å². The number of hydrogen-bond donors (Lipinski definition) is 0. The summed E-state index contributed by atoms with van der Waals surface area (Å²) in [6, 6.07) is 10.5. The number of rotatable bonds is 2. The molecule has 1 aromatic carbocycles. The molecule has 3 rings (SSSR count). The molecule has 1 saturated carbocycles. The van der Waals surface area contributed by atoms with Gasteiger partial charge in [-0.3, -0.25) is 0 Å². The quantitative estimate of drug-likeness (QED) is 0.717. The Morgan fingerprint density at radius 3 is 2.41 bits per heavy atom. The lowest BCUT2D eigenvalue weighted by molar-refractivity contribution is 1.08. The standard InChI is InChI=1S/C12H11NS.C3H8/c1-2-4-9(5-3-1)11-8-13-12(14-11)10-6-7-10;1-3-2/h1-5,8,10H,6-7H2;3H2,1-2H3. The van der Waals surface area contributed by atoms with E-state index in [0.717, 1.165) is 5.92 Å². The van der Waals surface area contributed by atoms with Crippen LogP contribution in [0.15, 0.2) is 36.5 Å². The lowest BCUT2D eigenvalue weighted by Crippen LogP contribution is -1.70. The number of nitrogens with zero attached hydrogens (tertiary/aromatic N) is 1. The van der Waals surface area contributed by atoms with Crippen molar-refractivity contribution >= 4 is 11.3 Å². The van der Waals surface area contributed by atoms with Crippen molar-refractivity contribution in [1.29, 1.82) is 0 Å². The fourth-order valence-corrected chi connectivity index (χ4v) is 2.63. The molecule has 0 unspecified atom stereocenters. The maximum Gasteiger partial charge on any atom is 0.0962 e. The minimum Gasteiger partial charge on any atom is -0.249 e. The fraction of sp³-hybridized carbons (Fsp3) is 0.400. The summed E-state index contributed by atoms with van der Waals surface area (Å²) in [4.78, 5) is 5.77. The van der Waals surface area contributed by atoms with E-state index in [0.29, 0.717) is 0 Å². The minimum atomic E-state index is 0.775. The van der Waals surface area contributed by atoms with E-state index in [-0.39, 0.29) is 0 Å². The van der Waals surface area contributed by atoms with Crippen LogP contribution < -0.4 is 0 Å². The van der Waals surface area contributed by atoms with Crippen LogP contribution >= 0.6 is 11.3 Å². The van der Waals surface area contributed by atoms with Crippen molar-refractivity contribution in [3.05, 3.63) is 41.5 Å². The zero-order valence-corrected chi connectivity index (χ0v) is 11.3. The van der Waals surface area contributed by atoms with E-state index in [9.17, 15) is 0 Å². The maximum absolute atomic E-state index is 4.47. The Bertz CT molecular complexity index is 443. The van der Waals surface area contributed by atoms with Gasteiger partial charge in [-0.15, -0.1) is 11.3 Å². The van der Waals surface area contributed by atoms with E-state index in [1.165, 1.54) is 34.7 Å². The van der Waals surface area contributed by atoms with Crippen LogP contribution in [0.2, 0.25) is 0 Å². The molecule has 2 aromatic rings. The molecule has 1 aliphatic rings. The van der Waals surface area contributed by atoms with Crippen LogP contribution in [0.5, 0.6) is 0 Å². The Kier molecular flexibility index (Phi) is 4.32. The predicted octanol–water partition coefficient (Wildman–Crippen LogP) is 5.10. The van der Waals surface area contributed by atoms with E-state index in [1.807, 2.05) is 23.6 Å². The molecule has 1 heterocycles. The van der Waals surface area contributed by atoms with Gasteiger partial charge in [-0.25, -0.2) is 4.98 Å². The highest BCUT2D eigenvalue weighted by atomic mass is 32.1. The van der Waals surface area contributed by atoms with E-state index in [1.54, 1.807) is 0 Å². The van der Waals surface area contributed by atoms with Crippen molar-refractivity contribution in [1.82, 2.24) is 4.98 Å². The lowest BCUT2D eigenvalue weighted by Gasteiger charge is -1.93. The summed E-state index contributed by atoms with van der Waals surface area (Å²) in [5, 5.41) is 1.32. The molecule has 0 atom stereocenters. The molecule has 0 aliphatic heterocycles. The van der Waals surface area contributed by atoms with Gasteiger partial charge in [-0.1, -0.05) is 50.6 Å². The largest absolute Gasteiger partial charge is 0.249 e. The Hall–Kier alpha value is -1.15. The molecule has 0 N–H and O–H groups in total. The number of aromatic nitrogens is 1. The molecular weight excluding hydrogens is 226 g/mol. The van der Waals surface area contributed by atoms with Gasteiger partial charge in [-0.05, 0) is 18.4 Å². The summed E-state index contributed by atoms with van der Waals surface area (Å²) in [6.07, 6.45) is 5.93. The summed E-state index contributed by atoms with van der Waals surface area (Å²) in [7, 11) is 0. The van der Waals surface area contributed by atoms with E-state index < -0.39 is 0 Å². The lowest BCUT2D eigenvalue weighted by atomic mass is 10.2. The second-order valence-electron chi connectivity index (χ2n) is 4.41. The normalized spacial score (nSPS) is 14.0. The molecular formula is C15H19NS. The summed E-state index contributed by atoms with van der Waals surface area (Å²) in [5.74, 6) is 0.775. The minimum absolute atomic E-state index is 0.775. The molecule has 0 bridgehead atoms. The second kappa shape index (κ2) is 5.97. The predicted molar refractivity (Wildman–Crippen MR) is 75.5 cm³/mol. The van der Waals surface area contributed by atoms with Gasteiger partial charge in [0.1, 0.15) is 0 Å². The first kappa shape index (κ1) is 12.3. The molecule has 1 aromatic heterocycles. The smallest absolute Gasteiger partial charge is 0.0962 e. The summed E-state index contributed by atoms with van der Waals surface area (Å²) in [5.41, 5.74) is 1.29. The third kappa shape index (κ3) is 3.40. The maximum atomic E-state index is 4.47. The molecule has 0 spiro atoms. The highest BCUT2D eigenvalue weighted by Gasteiger charge is 2.26. The highest BCUT2D eigenvalue weighted by molar-refractivity contribution is 7.15. The van der Waals surface area contributed by atoms with Crippen LogP contribution in [0.1, 0.15) is 44.0 Å². The molecule has 17 heavy (non-hydrogen) atoms. The summed E-state index contributed by atoms with van der Waals surface area (Å²) in [6.45, 7) is 4.25. The number of thiazole rings is 1. The highest BCUT2D eigenvalue weighted by Crippen LogP contribution is 2.43. The average Bonchev–Trinajstić information content (AvgIpc) is 3.09. The first-order valence-corrected chi connectivity index (χ1v) is 7.18. The van der Waals surface area contributed by atoms with Crippen LogP contribution in [0, 0.1) is 0 Å². The first-order valence-electron chi connectivity index (χ1n) is 6.36. The van der Waals surface area contributed by atoms with E-state index in [4.69, 9.17) is 0 Å².